The molecule has 0 spiro atoms. The number of nitrogens with zero attached hydrogens (tertiary/aromatic N) is 6. The van der Waals surface area contributed by atoms with Crippen molar-refractivity contribution in [2.75, 3.05) is 43.1 Å². The molecule has 10 nitrogen and oxygen atoms in total. The molecule has 36 heavy (non-hydrogen) atoms. The molecular weight excluding hydrogens is 460 g/mol. The molecule has 4 atom stereocenters. The number of allylic oxidation sites excluding steroid dienone is 1. The number of carbonyl (C=O) groups is 1. The van der Waals surface area contributed by atoms with Gasteiger partial charge >= 0.3 is 6.09 Å². The van der Waals surface area contributed by atoms with Gasteiger partial charge in [-0.25, -0.2) is 9.78 Å². The molecule has 2 saturated heterocycles. The van der Waals surface area contributed by atoms with Crippen LogP contribution in [0.5, 0.6) is 5.88 Å². The first-order valence-corrected chi connectivity index (χ1v) is 12.7. The van der Waals surface area contributed by atoms with Crippen molar-refractivity contribution in [2.24, 2.45) is 0 Å². The predicted octanol–water partition coefficient (Wildman–Crippen LogP) is 3.01. The lowest BCUT2D eigenvalue weighted by atomic mass is 9.91. The highest BCUT2D eigenvalue weighted by Gasteiger charge is 2.51. The molecule has 0 aromatic carbocycles. The van der Waals surface area contributed by atoms with Gasteiger partial charge in [0, 0.05) is 42.8 Å². The molecule has 1 amide bonds. The second kappa shape index (κ2) is 7.99. The largest absolute Gasteiger partial charge is 0.474 e. The molecule has 0 radical (unpaired) electrons. The van der Waals surface area contributed by atoms with Crippen molar-refractivity contribution in [3.05, 3.63) is 42.3 Å². The molecule has 188 valence electrons. The smallest absolute Gasteiger partial charge is 0.407 e. The molecule has 7 heterocycles. The monoisotopic (exact) mass is 490 g/mol. The topological polar surface area (TPSA) is 94.5 Å². The fourth-order valence-corrected chi connectivity index (χ4v) is 6.78. The molecule has 5 aliphatic heterocycles. The van der Waals surface area contributed by atoms with Gasteiger partial charge in [0.15, 0.2) is 0 Å². The van der Waals surface area contributed by atoms with Gasteiger partial charge in [0.2, 0.25) is 5.88 Å². The number of piperazine rings is 1. The zero-order valence-electron chi connectivity index (χ0n) is 20.5. The normalized spacial score (nSPS) is 31.3. The van der Waals surface area contributed by atoms with Gasteiger partial charge in [-0.05, 0) is 45.5 Å². The number of carboxylic acid groups (broad SMARTS) is 1. The third kappa shape index (κ3) is 3.03. The Hall–Kier alpha value is -3.53. The van der Waals surface area contributed by atoms with Crippen LogP contribution in [0.3, 0.4) is 0 Å². The Morgan fingerprint density at radius 2 is 2.11 bits per heavy atom. The van der Waals surface area contributed by atoms with Gasteiger partial charge in [0.1, 0.15) is 18.1 Å². The number of likely N-dealkylation sites (N-methyl/N-ethyl adjacent to an activating group) is 1. The summed E-state index contributed by atoms with van der Waals surface area (Å²) in [6.07, 6.45) is 9.41. The van der Waals surface area contributed by atoms with E-state index >= 15 is 0 Å². The highest BCUT2D eigenvalue weighted by Crippen LogP contribution is 2.54. The minimum atomic E-state index is -0.890. The fraction of sp³-hybridized carbons (Fsp3) is 0.500. The van der Waals surface area contributed by atoms with Gasteiger partial charge in [0.05, 0.1) is 41.8 Å². The van der Waals surface area contributed by atoms with E-state index in [-0.39, 0.29) is 18.1 Å². The minimum Gasteiger partial charge on any atom is -0.474 e. The summed E-state index contributed by atoms with van der Waals surface area (Å²) in [5.41, 5.74) is 3.85. The van der Waals surface area contributed by atoms with Crippen LogP contribution in [0.1, 0.15) is 26.2 Å². The van der Waals surface area contributed by atoms with Crippen LogP contribution in [0.25, 0.3) is 10.9 Å². The highest BCUT2D eigenvalue weighted by molar-refractivity contribution is 6.03. The number of ether oxygens (including phenoxy) is 2. The number of hydrogen-bond acceptors (Lipinski definition) is 8. The van der Waals surface area contributed by atoms with Crippen LogP contribution in [0.15, 0.2) is 42.3 Å². The van der Waals surface area contributed by atoms with Crippen molar-refractivity contribution in [3.8, 4) is 5.88 Å². The molecule has 2 aromatic rings. The summed E-state index contributed by atoms with van der Waals surface area (Å²) < 4.78 is 12.5. The Bertz CT molecular complexity index is 1300. The van der Waals surface area contributed by atoms with E-state index in [4.69, 9.17) is 14.5 Å². The number of pyridine rings is 2. The molecule has 0 bridgehead atoms. The van der Waals surface area contributed by atoms with Gasteiger partial charge in [0.25, 0.3) is 0 Å². The summed E-state index contributed by atoms with van der Waals surface area (Å²) in [5.74, 6) is 1.50. The molecule has 3 unspecified atom stereocenters. The van der Waals surface area contributed by atoms with E-state index in [1.165, 1.54) is 0 Å². The summed E-state index contributed by atoms with van der Waals surface area (Å²) in [7, 11) is 2.18. The molecule has 0 aliphatic carbocycles. The van der Waals surface area contributed by atoms with E-state index < -0.39 is 6.09 Å². The molecule has 1 N–H and O–H groups in total. The number of aromatic nitrogens is 2. The Labute approximate surface area is 209 Å². The standard InChI is InChI=1S/C26H30N6O4/c1-15-12-31-19(13-30(15)26(33)34)23(21-6-4-10-35-21)32-20(18-5-3-9-29(18)2)14-36-25-24(32)22(31)16-11-27-8-7-17(16)28-25/h4,7-8,10-11,15,18-20H,3,5-6,9,12-14H2,1-2H3,(H,33,34)/t15?,18-,19?,20?/m0/s1. The summed E-state index contributed by atoms with van der Waals surface area (Å²) in [6, 6.07) is 1.93. The number of hydrogen-bond donors (Lipinski definition) is 1. The Kier molecular flexibility index (Phi) is 4.82. The lowest BCUT2D eigenvalue weighted by Crippen LogP contribution is -2.66. The van der Waals surface area contributed by atoms with Gasteiger partial charge in [-0.15, -0.1) is 0 Å². The molecule has 2 aromatic heterocycles. The van der Waals surface area contributed by atoms with Gasteiger partial charge in [-0.1, -0.05) is 0 Å². The first-order chi connectivity index (χ1) is 17.5. The fourth-order valence-electron chi connectivity index (χ4n) is 6.78. The van der Waals surface area contributed by atoms with Crippen LogP contribution >= 0.6 is 0 Å². The molecule has 5 aliphatic rings. The van der Waals surface area contributed by atoms with Crippen molar-refractivity contribution in [3.63, 3.8) is 0 Å². The lowest BCUT2D eigenvalue weighted by molar-refractivity contribution is 0.113. The second-order valence-electron chi connectivity index (χ2n) is 10.4. The van der Waals surface area contributed by atoms with Crippen molar-refractivity contribution < 1.29 is 19.4 Å². The summed E-state index contributed by atoms with van der Waals surface area (Å²) in [4.78, 5) is 30.3. The average molecular weight is 491 g/mol. The molecular formula is C26H30N6O4. The van der Waals surface area contributed by atoms with Crippen molar-refractivity contribution in [1.82, 2.24) is 19.8 Å². The van der Waals surface area contributed by atoms with Crippen LogP contribution in [0, 0.1) is 0 Å². The Balaban J connectivity index is 1.51. The van der Waals surface area contributed by atoms with E-state index in [1.807, 2.05) is 25.3 Å². The van der Waals surface area contributed by atoms with Crippen LogP contribution < -0.4 is 14.5 Å². The first kappa shape index (κ1) is 21.7. The SMILES string of the molecule is CC1CN2c3c4c(nc5ccncc35)OCC([C@@H]3CCCN3C)N4C(=C3CC=CO3)C2CN1C(=O)O. The molecule has 10 heteroatoms. The van der Waals surface area contributed by atoms with Crippen LogP contribution in [0.4, 0.5) is 16.2 Å². The zero-order valence-corrected chi connectivity index (χ0v) is 20.5. The first-order valence-electron chi connectivity index (χ1n) is 12.7. The van der Waals surface area contributed by atoms with Crippen LogP contribution in [0.2, 0.25) is 0 Å². The predicted molar refractivity (Wildman–Crippen MR) is 134 cm³/mol. The quantitative estimate of drug-likeness (QED) is 0.647. The van der Waals surface area contributed by atoms with Gasteiger partial charge in [-0.3, -0.25) is 4.98 Å². The number of amides is 1. The zero-order chi connectivity index (χ0) is 24.6. The second-order valence-corrected chi connectivity index (χ2v) is 10.4. The molecule has 2 fully saturated rings. The van der Waals surface area contributed by atoms with Gasteiger partial charge in [-0.2, -0.15) is 0 Å². The van der Waals surface area contributed by atoms with Crippen molar-refractivity contribution in [2.45, 2.75) is 50.4 Å². The Morgan fingerprint density at radius 1 is 1.22 bits per heavy atom. The molecule has 7 rings (SSSR count). The third-order valence-corrected chi connectivity index (χ3v) is 8.43. The van der Waals surface area contributed by atoms with E-state index in [2.05, 4.69) is 26.7 Å². The van der Waals surface area contributed by atoms with E-state index in [9.17, 15) is 9.90 Å². The van der Waals surface area contributed by atoms with E-state index in [1.54, 1.807) is 17.4 Å². The number of likely N-dealkylation sites (tertiary alicyclic amines) is 1. The maximum Gasteiger partial charge on any atom is 0.407 e. The average Bonchev–Trinajstić information content (AvgIpc) is 3.55. The maximum atomic E-state index is 12.2. The van der Waals surface area contributed by atoms with Crippen molar-refractivity contribution >= 4 is 28.4 Å². The number of anilines is 2. The third-order valence-electron chi connectivity index (χ3n) is 8.43. The van der Waals surface area contributed by atoms with Crippen molar-refractivity contribution in [1.29, 1.82) is 0 Å². The highest BCUT2D eigenvalue weighted by atomic mass is 16.5. The van der Waals surface area contributed by atoms with Crippen LogP contribution in [-0.2, 0) is 4.74 Å². The lowest BCUT2D eigenvalue weighted by Gasteiger charge is -2.56. The summed E-state index contributed by atoms with van der Waals surface area (Å²) in [6.45, 7) is 4.46. The maximum absolute atomic E-state index is 12.2. The van der Waals surface area contributed by atoms with Crippen LogP contribution in [-0.4, -0.2) is 88.4 Å². The number of rotatable bonds is 1. The summed E-state index contributed by atoms with van der Waals surface area (Å²) in [5, 5.41) is 11.0. The number of fused-ring (bicyclic) bond motifs is 4. The Morgan fingerprint density at radius 3 is 2.86 bits per heavy atom. The molecule has 0 saturated carbocycles. The minimum absolute atomic E-state index is 0.0612. The van der Waals surface area contributed by atoms with Gasteiger partial charge < -0.3 is 34.2 Å². The summed E-state index contributed by atoms with van der Waals surface area (Å²) >= 11 is 0. The van der Waals surface area contributed by atoms with E-state index in [0.29, 0.717) is 38.0 Å². The van der Waals surface area contributed by atoms with E-state index in [0.717, 1.165) is 53.1 Å².